The molecular formula is C12H15N3O. The molecule has 0 atom stereocenters. The van der Waals surface area contributed by atoms with E-state index in [0.717, 1.165) is 30.1 Å². The second kappa shape index (κ2) is 3.22. The summed E-state index contributed by atoms with van der Waals surface area (Å²) in [6.45, 7) is 0.657. The van der Waals surface area contributed by atoms with Crippen molar-refractivity contribution in [2.75, 3.05) is 13.7 Å². The van der Waals surface area contributed by atoms with Crippen molar-refractivity contribution in [3.8, 4) is 5.88 Å². The van der Waals surface area contributed by atoms with Crippen LogP contribution in [0.3, 0.4) is 0 Å². The second-order valence-corrected chi connectivity index (χ2v) is 4.39. The third kappa shape index (κ3) is 1.16. The lowest BCUT2D eigenvalue weighted by molar-refractivity contribution is 0.387. The maximum absolute atomic E-state index is 5.85. The summed E-state index contributed by atoms with van der Waals surface area (Å²) in [7, 11) is 1.68. The fourth-order valence-corrected chi connectivity index (χ4v) is 2.22. The first-order valence-corrected chi connectivity index (χ1v) is 5.52. The third-order valence-corrected chi connectivity index (χ3v) is 3.44. The molecule has 0 spiro atoms. The van der Waals surface area contributed by atoms with E-state index in [0.29, 0.717) is 6.54 Å². The van der Waals surface area contributed by atoms with E-state index in [4.69, 9.17) is 10.5 Å². The number of hydrogen-bond donors (Lipinski definition) is 1. The van der Waals surface area contributed by atoms with Gasteiger partial charge in [0.05, 0.1) is 18.8 Å². The van der Waals surface area contributed by atoms with Gasteiger partial charge in [0.15, 0.2) is 5.88 Å². The minimum Gasteiger partial charge on any atom is -0.482 e. The number of pyridine rings is 1. The van der Waals surface area contributed by atoms with Gasteiger partial charge < -0.3 is 10.5 Å². The van der Waals surface area contributed by atoms with Gasteiger partial charge in [0, 0.05) is 12.0 Å². The van der Waals surface area contributed by atoms with Crippen LogP contribution in [0.2, 0.25) is 0 Å². The van der Waals surface area contributed by atoms with Crippen LogP contribution in [0.1, 0.15) is 18.7 Å². The lowest BCUT2D eigenvalue weighted by atomic mass is 10.1. The first kappa shape index (κ1) is 9.66. The van der Waals surface area contributed by atoms with Gasteiger partial charge in [-0.05, 0) is 25.0 Å². The van der Waals surface area contributed by atoms with Crippen LogP contribution >= 0.6 is 0 Å². The zero-order valence-electron chi connectivity index (χ0n) is 9.31. The van der Waals surface area contributed by atoms with Gasteiger partial charge in [0.1, 0.15) is 5.82 Å². The zero-order valence-corrected chi connectivity index (χ0v) is 9.31. The van der Waals surface area contributed by atoms with Crippen molar-refractivity contribution < 1.29 is 4.74 Å². The number of aromatic nitrogens is 2. The van der Waals surface area contributed by atoms with E-state index in [1.807, 2.05) is 24.4 Å². The Labute approximate surface area is 94.0 Å². The van der Waals surface area contributed by atoms with Crippen molar-refractivity contribution in [1.29, 1.82) is 0 Å². The molecule has 3 rings (SSSR count). The Hall–Kier alpha value is -1.55. The molecule has 0 radical (unpaired) electrons. The number of ether oxygens (including phenoxy) is 1. The molecule has 2 aromatic heterocycles. The van der Waals surface area contributed by atoms with Crippen LogP contribution < -0.4 is 10.5 Å². The van der Waals surface area contributed by atoms with E-state index in [1.165, 1.54) is 0 Å². The van der Waals surface area contributed by atoms with E-state index in [-0.39, 0.29) is 5.41 Å². The predicted octanol–water partition coefficient (Wildman–Crippen LogP) is 1.33. The third-order valence-electron chi connectivity index (χ3n) is 3.44. The number of hydrogen-bond acceptors (Lipinski definition) is 3. The molecule has 1 fully saturated rings. The Morgan fingerprint density at radius 1 is 1.50 bits per heavy atom. The molecule has 0 bridgehead atoms. The van der Waals surface area contributed by atoms with Gasteiger partial charge in [-0.15, -0.1) is 0 Å². The Kier molecular flexibility index (Phi) is 1.94. The molecule has 2 aromatic rings. The fraction of sp³-hybridized carbons (Fsp3) is 0.417. The molecule has 1 saturated carbocycles. The van der Waals surface area contributed by atoms with Gasteiger partial charge in [-0.3, -0.25) is 4.40 Å². The van der Waals surface area contributed by atoms with E-state index >= 15 is 0 Å². The minimum atomic E-state index is 0.0844. The number of imidazole rings is 1. The van der Waals surface area contributed by atoms with Gasteiger partial charge in [0.25, 0.3) is 0 Å². The van der Waals surface area contributed by atoms with Crippen LogP contribution in [-0.4, -0.2) is 23.0 Å². The number of nitrogens with zero attached hydrogens (tertiary/aromatic N) is 2. The largest absolute Gasteiger partial charge is 0.482 e. The summed E-state index contributed by atoms with van der Waals surface area (Å²) < 4.78 is 7.45. The van der Waals surface area contributed by atoms with Crippen LogP contribution in [-0.2, 0) is 5.41 Å². The van der Waals surface area contributed by atoms with E-state index in [2.05, 4.69) is 9.38 Å². The topological polar surface area (TPSA) is 52.5 Å². The number of rotatable bonds is 3. The molecule has 84 valence electrons. The number of nitrogens with two attached hydrogens (primary N) is 1. The Balaban J connectivity index is 2.26. The summed E-state index contributed by atoms with van der Waals surface area (Å²) >= 11 is 0. The van der Waals surface area contributed by atoms with Crippen LogP contribution in [0, 0.1) is 0 Å². The predicted molar refractivity (Wildman–Crippen MR) is 61.7 cm³/mol. The Bertz CT molecular complexity index is 528. The molecule has 0 unspecified atom stereocenters. The molecule has 4 heteroatoms. The first-order valence-electron chi connectivity index (χ1n) is 5.52. The summed E-state index contributed by atoms with van der Waals surface area (Å²) in [5, 5.41) is 0. The fourth-order valence-electron chi connectivity index (χ4n) is 2.22. The first-order chi connectivity index (χ1) is 7.80. The van der Waals surface area contributed by atoms with Crippen molar-refractivity contribution in [3.05, 3.63) is 30.2 Å². The highest BCUT2D eigenvalue weighted by Gasteiger charge is 2.46. The molecule has 1 aliphatic rings. The van der Waals surface area contributed by atoms with Crippen LogP contribution in [0.15, 0.2) is 24.4 Å². The van der Waals surface area contributed by atoms with Crippen molar-refractivity contribution in [2.24, 2.45) is 5.73 Å². The van der Waals surface area contributed by atoms with E-state index in [9.17, 15) is 0 Å². The monoisotopic (exact) mass is 217 g/mol. The molecule has 0 aliphatic heterocycles. The summed E-state index contributed by atoms with van der Waals surface area (Å²) in [5.41, 5.74) is 7.00. The number of fused-ring (bicyclic) bond motifs is 1. The maximum atomic E-state index is 5.85. The molecule has 0 aromatic carbocycles. The molecule has 2 N–H and O–H groups in total. The summed E-state index contributed by atoms with van der Waals surface area (Å²) in [4.78, 5) is 4.51. The molecule has 16 heavy (non-hydrogen) atoms. The quantitative estimate of drug-likeness (QED) is 0.844. The van der Waals surface area contributed by atoms with Crippen molar-refractivity contribution in [3.63, 3.8) is 0 Å². The van der Waals surface area contributed by atoms with Gasteiger partial charge in [0.2, 0.25) is 0 Å². The summed E-state index contributed by atoms with van der Waals surface area (Å²) in [6, 6.07) is 5.96. The second-order valence-electron chi connectivity index (χ2n) is 4.39. The molecular weight excluding hydrogens is 202 g/mol. The zero-order chi connectivity index (χ0) is 11.2. The normalized spacial score (nSPS) is 17.6. The van der Waals surface area contributed by atoms with Gasteiger partial charge in [-0.1, -0.05) is 6.07 Å². The highest BCUT2D eigenvalue weighted by atomic mass is 16.5. The number of methoxy groups -OCH3 is 1. The van der Waals surface area contributed by atoms with E-state index in [1.54, 1.807) is 7.11 Å². The van der Waals surface area contributed by atoms with Gasteiger partial charge in [-0.2, -0.15) is 0 Å². The smallest absolute Gasteiger partial charge is 0.199 e. The standard InChI is InChI=1S/C12H15N3O/c1-16-10-4-2-3-9-7-14-11(15(9)10)12(8-13)5-6-12/h2-4,7H,5-6,8,13H2,1H3. The van der Waals surface area contributed by atoms with Gasteiger partial charge >= 0.3 is 0 Å². The lowest BCUT2D eigenvalue weighted by Crippen LogP contribution is -2.22. The molecule has 0 saturated heterocycles. The van der Waals surface area contributed by atoms with Crippen molar-refractivity contribution >= 4 is 5.52 Å². The molecule has 4 nitrogen and oxygen atoms in total. The van der Waals surface area contributed by atoms with Crippen LogP contribution in [0.4, 0.5) is 0 Å². The summed E-state index contributed by atoms with van der Waals surface area (Å²) in [6.07, 6.45) is 4.13. The van der Waals surface area contributed by atoms with Crippen LogP contribution in [0.5, 0.6) is 5.88 Å². The Morgan fingerprint density at radius 3 is 2.94 bits per heavy atom. The summed E-state index contributed by atoms with van der Waals surface area (Å²) in [5.74, 6) is 1.87. The molecule has 2 heterocycles. The average molecular weight is 217 g/mol. The molecule has 1 aliphatic carbocycles. The van der Waals surface area contributed by atoms with E-state index < -0.39 is 0 Å². The van der Waals surface area contributed by atoms with Crippen LogP contribution in [0.25, 0.3) is 5.52 Å². The maximum Gasteiger partial charge on any atom is 0.199 e. The highest BCUT2D eigenvalue weighted by molar-refractivity contribution is 5.50. The van der Waals surface area contributed by atoms with Crippen molar-refractivity contribution in [1.82, 2.24) is 9.38 Å². The lowest BCUT2D eigenvalue weighted by Gasteiger charge is -2.13. The van der Waals surface area contributed by atoms with Crippen molar-refractivity contribution in [2.45, 2.75) is 18.3 Å². The highest BCUT2D eigenvalue weighted by Crippen LogP contribution is 2.47. The SMILES string of the molecule is COc1cccc2cnc(C3(CN)CC3)n12. The molecule has 0 amide bonds. The van der Waals surface area contributed by atoms with Gasteiger partial charge in [-0.25, -0.2) is 4.98 Å². The average Bonchev–Trinajstić information content (AvgIpc) is 3.01. The Morgan fingerprint density at radius 2 is 2.31 bits per heavy atom. The minimum absolute atomic E-state index is 0.0844.